The van der Waals surface area contributed by atoms with E-state index in [2.05, 4.69) is 35.8 Å². The number of para-hydroxylation sites is 1. The van der Waals surface area contributed by atoms with Gasteiger partial charge in [-0.1, -0.05) is 18.2 Å². The van der Waals surface area contributed by atoms with E-state index < -0.39 is 5.60 Å². The van der Waals surface area contributed by atoms with Crippen LogP contribution in [0.4, 0.5) is 0 Å². The topological polar surface area (TPSA) is 109 Å². The van der Waals surface area contributed by atoms with Crippen molar-refractivity contribution in [3.63, 3.8) is 0 Å². The molecule has 3 N–H and O–H groups in total. The van der Waals surface area contributed by atoms with E-state index in [0.29, 0.717) is 37.0 Å². The van der Waals surface area contributed by atoms with Crippen LogP contribution in [0.5, 0.6) is 0 Å². The number of aryl methyl sites for hydroxylation is 1. The Morgan fingerprint density at radius 3 is 2.50 bits per heavy atom. The number of piperidine rings is 2. The molecule has 3 aliphatic rings. The second kappa shape index (κ2) is 11.0. The van der Waals surface area contributed by atoms with Gasteiger partial charge in [0.15, 0.2) is 0 Å². The van der Waals surface area contributed by atoms with Gasteiger partial charge in [-0.3, -0.25) is 9.59 Å². The number of nitrogens with zero attached hydrogens (tertiary/aromatic N) is 5. The van der Waals surface area contributed by atoms with E-state index in [0.717, 1.165) is 61.2 Å². The van der Waals surface area contributed by atoms with Gasteiger partial charge >= 0.3 is 0 Å². The summed E-state index contributed by atoms with van der Waals surface area (Å²) >= 11 is 0. The second-order valence-corrected chi connectivity index (χ2v) is 13.9. The standard InChI is InChI=1S/C35H44N6O3/c1-22-29-12-11-26(33(42)39-15-5-7-27(36)21-39)20-41(29)37-31(22)30-18-25-6-4-8-28(32(25)40(30)19-23-9-10-23)24-13-16-38(17-14-24)34(43)35(2,3)44/h4,6,8,11-12,18,20,23-24,27,44H,5,7,9-10,13-17,19,21,36H2,1-3H3. The molecule has 1 aliphatic carbocycles. The minimum Gasteiger partial charge on any atom is -0.381 e. The fourth-order valence-electron chi connectivity index (χ4n) is 7.33. The molecule has 4 aromatic rings. The number of fused-ring (bicyclic) bond motifs is 2. The quantitative estimate of drug-likeness (QED) is 0.335. The lowest BCUT2D eigenvalue weighted by Crippen LogP contribution is -2.48. The lowest BCUT2D eigenvalue weighted by Gasteiger charge is -2.35. The molecule has 2 aliphatic heterocycles. The average molecular weight is 597 g/mol. The number of rotatable bonds is 6. The molecule has 9 nitrogen and oxygen atoms in total. The third-order valence-corrected chi connectivity index (χ3v) is 9.95. The Labute approximate surface area is 258 Å². The molecule has 2 amide bonds. The Balaban J connectivity index is 1.24. The van der Waals surface area contributed by atoms with Crippen molar-refractivity contribution in [3.8, 4) is 11.4 Å². The van der Waals surface area contributed by atoms with Crippen molar-refractivity contribution in [2.45, 2.75) is 83.4 Å². The maximum atomic E-state index is 13.3. The first kappa shape index (κ1) is 29.0. The minimum atomic E-state index is -1.35. The first-order valence-electron chi connectivity index (χ1n) is 16.3. The van der Waals surface area contributed by atoms with Gasteiger partial charge in [-0.25, -0.2) is 4.52 Å². The van der Waals surface area contributed by atoms with Crippen molar-refractivity contribution in [1.29, 1.82) is 0 Å². The van der Waals surface area contributed by atoms with Crippen molar-refractivity contribution >= 4 is 28.2 Å². The zero-order valence-electron chi connectivity index (χ0n) is 26.1. The van der Waals surface area contributed by atoms with Gasteiger partial charge < -0.3 is 25.2 Å². The van der Waals surface area contributed by atoms with Gasteiger partial charge in [0, 0.05) is 55.9 Å². The van der Waals surface area contributed by atoms with E-state index in [1.807, 2.05) is 32.6 Å². The van der Waals surface area contributed by atoms with Gasteiger partial charge in [0.1, 0.15) is 11.3 Å². The van der Waals surface area contributed by atoms with E-state index in [1.165, 1.54) is 29.3 Å². The van der Waals surface area contributed by atoms with Gasteiger partial charge in [-0.2, -0.15) is 5.10 Å². The number of amides is 2. The highest BCUT2D eigenvalue weighted by molar-refractivity contribution is 5.95. The summed E-state index contributed by atoms with van der Waals surface area (Å²) in [6, 6.07) is 12.9. The highest BCUT2D eigenvalue weighted by Gasteiger charge is 2.34. The number of carbonyl (C=O) groups is 2. The van der Waals surface area contributed by atoms with Gasteiger partial charge in [-0.05, 0) is 94.9 Å². The van der Waals surface area contributed by atoms with Crippen LogP contribution in [0.15, 0.2) is 42.6 Å². The molecular formula is C35H44N6O3. The molecule has 232 valence electrons. The summed E-state index contributed by atoms with van der Waals surface area (Å²) in [5.74, 6) is 0.824. The SMILES string of the molecule is Cc1c(-c2cc3cccc(C4CCN(C(=O)C(C)(C)O)CC4)c3n2CC2CC2)nn2cc(C(=O)N3CCCC(N)C3)ccc12. The molecule has 3 aromatic heterocycles. The molecule has 7 rings (SSSR count). The molecule has 1 atom stereocenters. The monoisotopic (exact) mass is 596 g/mol. The fourth-order valence-corrected chi connectivity index (χ4v) is 7.33. The summed E-state index contributed by atoms with van der Waals surface area (Å²) in [5.41, 5.74) is 12.2. The van der Waals surface area contributed by atoms with E-state index in [-0.39, 0.29) is 17.9 Å². The van der Waals surface area contributed by atoms with Crippen LogP contribution in [0.25, 0.3) is 27.8 Å². The lowest BCUT2D eigenvalue weighted by atomic mass is 9.87. The zero-order chi connectivity index (χ0) is 30.7. The third kappa shape index (κ3) is 5.30. The van der Waals surface area contributed by atoms with Gasteiger partial charge in [0.05, 0.1) is 22.3 Å². The molecule has 1 unspecified atom stereocenters. The molecule has 1 aromatic carbocycles. The summed E-state index contributed by atoms with van der Waals surface area (Å²) in [6.45, 7) is 8.85. The number of aromatic nitrogens is 3. The van der Waals surface area contributed by atoms with E-state index >= 15 is 0 Å². The second-order valence-electron chi connectivity index (χ2n) is 13.9. The molecular weight excluding hydrogens is 552 g/mol. The van der Waals surface area contributed by atoms with Crippen LogP contribution in [-0.4, -0.2) is 78.7 Å². The number of nitrogens with two attached hydrogens (primary N) is 1. The zero-order valence-corrected chi connectivity index (χ0v) is 26.1. The van der Waals surface area contributed by atoms with E-state index in [9.17, 15) is 14.7 Å². The summed E-state index contributed by atoms with van der Waals surface area (Å²) in [5, 5.41) is 16.6. The molecule has 9 heteroatoms. The molecule has 44 heavy (non-hydrogen) atoms. The van der Waals surface area contributed by atoms with E-state index in [4.69, 9.17) is 10.8 Å². The average Bonchev–Trinajstić information content (AvgIpc) is 3.68. The summed E-state index contributed by atoms with van der Waals surface area (Å²) in [4.78, 5) is 29.7. The molecule has 0 radical (unpaired) electrons. The van der Waals surface area contributed by atoms with Gasteiger partial charge in [0.2, 0.25) is 0 Å². The number of likely N-dealkylation sites (tertiary alicyclic amines) is 2. The largest absolute Gasteiger partial charge is 0.381 e. The molecule has 0 bridgehead atoms. The molecule has 0 spiro atoms. The smallest absolute Gasteiger partial charge is 0.255 e. The number of carbonyl (C=O) groups excluding carboxylic acids is 2. The van der Waals surface area contributed by atoms with Crippen LogP contribution >= 0.6 is 0 Å². The van der Waals surface area contributed by atoms with Crippen LogP contribution in [-0.2, 0) is 11.3 Å². The molecule has 3 fully saturated rings. The lowest BCUT2D eigenvalue weighted by molar-refractivity contribution is -0.148. The summed E-state index contributed by atoms with van der Waals surface area (Å²) in [6.07, 6.45) is 8.00. The maximum absolute atomic E-state index is 13.3. The normalized spacial score (nSPS) is 20.2. The Bertz CT molecular complexity index is 1730. The van der Waals surface area contributed by atoms with Crippen molar-refractivity contribution < 1.29 is 14.7 Å². The summed E-state index contributed by atoms with van der Waals surface area (Å²) in [7, 11) is 0. The third-order valence-electron chi connectivity index (χ3n) is 9.95. The van der Waals surface area contributed by atoms with Crippen molar-refractivity contribution in [3.05, 3.63) is 59.3 Å². The van der Waals surface area contributed by atoms with Gasteiger partial charge in [0.25, 0.3) is 11.8 Å². The first-order valence-corrected chi connectivity index (χ1v) is 16.3. The Hall–Kier alpha value is -3.69. The number of benzene rings is 1. The highest BCUT2D eigenvalue weighted by atomic mass is 16.3. The van der Waals surface area contributed by atoms with Crippen molar-refractivity contribution in [1.82, 2.24) is 24.0 Å². The highest BCUT2D eigenvalue weighted by Crippen LogP contribution is 2.41. The van der Waals surface area contributed by atoms with Crippen LogP contribution in [0, 0.1) is 12.8 Å². The Kier molecular flexibility index (Phi) is 7.28. The van der Waals surface area contributed by atoms with Crippen molar-refractivity contribution in [2.24, 2.45) is 11.7 Å². The molecule has 1 saturated carbocycles. The van der Waals surface area contributed by atoms with Crippen LogP contribution in [0.1, 0.15) is 79.8 Å². The van der Waals surface area contributed by atoms with Gasteiger partial charge in [-0.15, -0.1) is 0 Å². The predicted molar refractivity (Wildman–Crippen MR) is 172 cm³/mol. The first-order chi connectivity index (χ1) is 21.1. The summed E-state index contributed by atoms with van der Waals surface area (Å²) < 4.78 is 4.36. The van der Waals surface area contributed by atoms with Crippen LogP contribution < -0.4 is 5.73 Å². The predicted octanol–water partition coefficient (Wildman–Crippen LogP) is 4.71. The molecule has 2 saturated heterocycles. The van der Waals surface area contributed by atoms with Crippen LogP contribution in [0.3, 0.4) is 0 Å². The number of pyridine rings is 1. The Morgan fingerprint density at radius 2 is 1.80 bits per heavy atom. The van der Waals surface area contributed by atoms with E-state index in [1.54, 1.807) is 13.8 Å². The number of aliphatic hydroxyl groups is 1. The Morgan fingerprint density at radius 1 is 1.02 bits per heavy atom. The number of hydrogen-bond donors (Lipinski definition) is 2. The fraction of sp³-hybridized carbons (Fsp3) is 0.514. The maximum Gasteiger partial charge on any atom is 0.255 e. The van der Waals surface area contributed by atoms with Crippen LogP contribution in [0.2, 0.25) is 0 Å². The number of hydrogen-bond acceptors (Lipinski definition) is 5. The minimum absolute atomic E-state index is 0.0135. The van der Waals surface area contributed by atoms with Crippen molar-refractivity contribution in [2.75, 3.05) is 26.2 Å². The molecule has 5 heterocycles.